The molecule has 0 saturated heterocycles. The van der Waals surface area contributed by atoms with Crippen molar-refractivity contribution in [2.75, 3.05) is 19.9 Å². The minimum absolute atomic E-state index is 0.192. The fraction of sp³-hybridized carbons (Fsp3) is 1.00. The lowest BCUT2D eigenvalue weighted by molar-refractivity contribution is 0.197. The zero-order chi connectivity index (χ0) is 6.41. The van der Waals surface area contributed by atoms with E-state index in [1.54, 1.807) is 7.11 Å². The second-order valence-electron chi connectivity index (χ2n) is 1.63. The molecular formula is C5H12ClOP. The molecule has 2 atom stereocenters. The molecule has 0 saturated carbocycles. The first kappa shape index (κ1) is 8.68. The third-order valence-corrected chi connectivity index (χ3v) is 1.50. The van der Waals surface area contributed by atoms with Crippen LogP contribution in [-0.4, -0.2) is 25.3 Å². The van der Waals surface area contributed by atoms with E-state index in [0.717, 1.165) is 12.6 Å². The predicted molar refractivity (Wildman–Crippen MR) is 40.7 cm³/mol. The molecule has 0 aliphatic heterocycles. The van der Waals surface area contributed by atoms with Crippen molar-refractivity contribution in [3.63, 3.8) is 0 Å². The summed E-state index contributed by atoms with van der Waals surface area (Å²) in [6.07, 6.45) is 2.07. The highest BCUT2D eigenvalue weighted by Crippen LogP contribution is 2.03. The predicted octanol–water partition coefficient (Wildman–Crippen LogP) is 1.51. The van der Waals surface area contributed by atoms with Crippen LogP contribution in [0, 0.1) is 0 Å². The molecule has 0 fully saturated rings. The summed E-state index contributed by atoms with van der Waals surface area (Å²) in [5, 5.41) is 0.192. The number of hydrogen-bond acceptors (Lipinski definition) is 1. The SMILES string of the molecule is COCC(Cl)CCP. The van der Waals surface area contributed by atoms with Gasteiger partial charge in [0.05, 0.1) is 12.0 Å². The maximum atomic E-state index is 5.74. The molecule has 0 aliphatic carbocycles. The lowest BCUT2D eigenvalue weighted by atomic mass is 10.3. The van der Waals surface area contributed by atoms with E-state index in [2.05, 4.69) is 9.24 Å². The van der Waals surface area contributed by atoms with E-state index in [9.17, 15) is 0 Å². The summed E-state index contributed by atoms with van der Waals surface area (Å²) in [7, 11) is 4.30. The molecule has 0 spiro atoms. The number of alkyl halides is 1. The van der Waals surface area contributed by atoms with Gasteiger partial charge in [-0.2, -0.15) is 0 Å². The highest BCUT2D eigenvalue weighted by atomic mass is 35.5. The Hall–Kier alpha value is 0.680. The third kappa shape index (κ3) is 4.83. The Labute approximate surface area is 57.9 Å². The van der Waals surface area contributed by atoms with E-state index in [-0.39, 0.29) is 5.38 Å². The van der Waals surface area contributed by atoms with Crippen molar-refractivity contribution in [2.24, 2.45) is 0 Å². The van der Waals surface area contributed by atoms with Gasteiger partial charge >= 0.3 is 0 Å². The Bertz CT molecular complexity index is 45.7. The molecule has 0 rings (SSSR count). The Morgan fingerprint density at radius 1 is 1.75 bits per heavy atom. The van der Waals surface area contributed by atoms with Gasteiger partial charge in [0, 0.05) is 7.11 Å². The summed E-state index contributed by atoms with van der Waals surface area (Å²) in [4.78, 5) is 0. The van der Waals surface area contributed by atoms with E-state index in [4.69, 9.17) is 16.3 Å². The first-order chi connectivity index (χ1) is 3.81. The highest BCUT2D eigenvalue weighted by molar-refractivity contribution is 7.16. The molecule has 0 amide bonds. The topological polar surface area (TPSA) is 9.23 Å². The van der Waals surface area contributed by atoms with Gasteiger partial charge in [-0.15, -0.1) is 20.8 Å². The van der Waals surface area contributed by atoms with Gasteiger partial charge in [0.1, 0.15) is 0 Å². The van der Waals surface area contributed by atoms with Gasteiger partial charge in [0.25, 0.3) is 0 Å². The highest BCUT2D eigenvalue weighted by Gasteiger charge is 1.99. The number of halogens is 1. The molecule has 0 heterocycles. The molecule has 0 aromatic heterocycles. The van der Waals surface area contributed by atoms with Crippen LogP contribution in [0.25, 0.3) is 0 Å². The van der Waals surface area contributed by atoms with Crippen LogP contribution in [0.4, 0.5) is 0 Å². The summed E-state index contributed by atoms with van der Waals surface area (Å²) < 4.78 is 4.81. The Morgan fingerprint density at radius 3 is 2.75 bits per heavy atom. The Kier molecular flexibility index (Phi) is 6.30. The number of methoxy groups -OCH3 is 1. The molecule has 0 aliphatic rings. The molecule has 0 bridgehead atoms. The zero-order valence-corrected chi connectivity index (χ0v) is 6.97. The average Bonchev–Trinajstić information content (AvgIpc) is 1.68. The molecule has 0 N–H and O–H groups in total. The second kappa shape index (κ2) is 5.81. The Morgan fingerprint density at radius 2 is 2.38 bits per heavy atom. The van der Waals surface area contributed by atoms with Crippen molar-refractivity contribution in [1.29, 1.82) is 0 Å². The summed E-state index contributed by atoms with van der Waals surface area (Å²) in [6.45, 7) is 0.663. The largest absolute Gasteiger partial charge is 0.383 e. The van der Waals surface area contributed by atoms with Crippen LogP contribution in [0.2, 0.25) is 0 Å². The second-order valence-corrected chi connectivity index (χ2v) is 2.82. The average molecular weight is 155 g/mol. The van der Waals surface area contributed by atoms with E-state index in [0.29, 0.717) is 6.61 Å². The van der Waals surface area contributed by atoms with Gasteiger partial charge in [0.15, 0.2) is 0 Å². The van der Waals surface area contributed by atoms with Crippen molar-refractivity contribution >= 4 is 20.8 Å². The van der Waals surface area contributed by atoms with Crippen molar-refractivity contribution in [1.82, 2.24) is 0 Å². The lowest BCUT2D eigenvalue weighted by Gasteiger charge is -2.03. The molecule has 0 aromatic rings. The van der Waals surface area contributed by atoms with Gasteiger partial charge in [-0.3, -0.25) is 0 Å². The first-order valence-electron chi connectivity index (χ1n) is 2.64. The lowest BCUT2D eigenvalue weighted by Crippen LogP contribution is -2.06. The molecular weight excluding hydrogens is 142 g/mol. The molecule has 3 heteroatoms. The maximum Gasteiger partial charge on any atom is 0.0626 e. The van der Waals surface area contributed by atoms with Crippen molar-refractivity contribution in [3.8, 4) is 0 Å². The zero-order valence-electron chi connectivity index (χ0n) is 5.06. The van der Waals surface area contributed by atoms with Crippen LogP contribution in [0.5, 0.6) is 0 Å². The summed E-state index contributed by atoms with van der Waals surface area (Å²) in [5.41, 5.74) is 0. The quantitative estimate of drug-likeness (QED) is 0.441. The van der Waals surface area contributed by atoms with E-state index >= 15 is 0 Å². The van der Waals surface area contributed by atoms with Gasteiger partial charge < -0.3 is 4.74 Å². The van der Waals surface area contributed by atoms with Crippen molar-refractivity contribution in [3.05, 3.63) is 0 Å². The maximum absolute atomic E-state index is 5.74. The smallest absolute Gasteiger partial charge is 0.0626 e. The Balaban J connectivity index is 2.92. The molecule has 50 valence electrons. The van der Waals surface area contributed by atoms with Gasteiger partial charge in [-0.25, -0.2) is 0 Å². The summed E-state index contributed by atoms with van der Waals surface area (Å²) in [6, 6.07) is 0. The fourth-order valence-corrected chi connectivity index (χ4v) is 1.31. The van der Waals surface area contributed by atoms with E-state index < -0.39 is 0 Å². The van der Waals surface area contributed by atoms with Crippen LogP contribution < -0.4 is 0 Å². The molecule has 0 aromatic carbocycles. The van der Waals surface area contributed by atoms with Crippen LogP contribution in [0.3, 0.4) is 0 Å². The van der Waals surface area contributed by atoms with E-state index in [1.165, 1.54) is 0 Å². The number of hydrogen-bond donors (Lipinski definition) is 0. The minimum Gasteiger partial charge on any atom is -0.383 e. The van der Waals surface area contributed by atoms with Crippen molar-refractivity contribution < 1.29 is 4.74 Å². The summed E-state index contributed by atoms with van der Waals surface area (Å²) >= 11 is 5.74. The van der Waals surface area contributed by atoms with Crippen LogP contribution >= 0.6 is 20.8 Å². The number of ether oxygens (including phenoxy) is 1. The molecule has 1 nitrogen and oxygen atoms in total. The normalized spacial score (nSPS) is 13.9. The van der Waals surface area contributed by atoms with Crippen LogP contribution in [-0.2, 0) is 4.74 Å². The van der Waals surface area contributed by atoms with E-state index in [1.807, 2.05) is 0 Å². The van der Waals surface area contributed by atoms with Crippen LogP contribution in [0.15, 0.2) is 0 Å². The summed E-state index contributed by atoms with van der Waals surface area (Å²) in [5.74, 6) is 0. The molecule has 0 radical (unpaired) electrons. The standard InChI is InChI=1S/C5H12ClOP/c1-7-4-5(6)2-3-8/h5H,2-4,8H2,1H3. The van der Waals surface area contributed by atoms with Gasteiger partial charge in [-0.1, -0.05) is 0 Å². The third-order valence-electron chi connectivity index (χ3n) is 0.827. The monoisotopic (exact) mass is 154 g/mol. The van der Waals surface area contributed by atoms with Crippen LogP contribution in [0.1, 0.15) is 6.42 Å². The molecule has 8 heavy (non-hydrogen) atoms. The number of rotatable bonds is 4. The van der Waals surface area contributed by atoms with Crippen molar-refractivity contribution in [2.45, 2.75) is 11.8 Å². The van der Waals surface area contributed by atoms with Gasteiger partial charge in [0.2, 0.25) is 0 Å². The minimum atomic E-state index is 0.192. The van der Waals surface area contributed by atoms with Gasteiger partial charge in [-0.05, 0) is 12.6 Å². The fourth-order valence-electron chi connectivity index (χ4n) is 0.445. The molecule has 2 unspecified atom stereocenters. The first-order valence-corrected chi connectivity index (χ1v) is 3.89.